The smallest absolute Gasteiger partial charge is 0.266 e. The van der Waals surface area contributed by atoms with Crippen molar-refractivity contribution in [3.63, 3.8) is 0 Å². The predicted molar refractivity (Wildman–Crippen MR) is 140 cm³/mol. The van der Waals surface area contributed by atoms with Crippen molar-refractivity contribution in [1.29, 1.82) is 0 Å². The number of amides is 1. The number of thiocarbonyl (C=S) groups is 1. The number of hydrogen-bond donors (Lipinski definition) is 1. The summed E-state index contributed by atoms with van der Waals surface area (Å²) in [7, 11) is 1.77. The molecule has 0 atom stereocenters. The number of carbonyl (C=O) groups is 1. The molecule has 33 heavy (non-hydrogen) atoms. The van der Waals surface area contributed by atoms with Crippen molar-refractivity contribution >= 4 is 56.9 Å². The fourth-order valence-electron chi connectivity index (χ4n) is 4.46. The van der Waals surface area contributed by atoms with E-state index in [1.54, 1.807) is 22.6 Å². The fraction of sp³-hybridized carbons (Fsp3) is 0.458. The van der Waals surface area contributed by atoms with Crippen LogP contribution in [0.3, 0.4) is 0 Å². The number of rotatable bonds is 6. The number of aliphatic hydroxyl groups excluding tert-OH is 1. The molecular formula is C24H30N4O3S2. The predicted octanol–water partition coefficient (Wildman–Crippen LogP) is 2.51. The first kappa shape index (κ1) is 23.9. The van der Waals surface area contributed by atoms with E-state index in [0.717, 1.165) is 42.8 Å². The molecule has 1 amide bonds. The standard InChI is InChI=1S/C24H30N4O3S2/c1-16(2)15-28-23(31)20(33-24(28)32)14-18-21(27-10-8-26(9-11-27)12-13-29)17-6-4-5-7-19(17)25(3)22(18)30/h4-7,14,16,29H,8-13,15H2,1-3H3. The Balaban J connectivity index is 1.82. The minimum absolute atomic E-state index is 0.129. The summed E-state index contributed by atoms with van der Waals surface area (Å²) in [4.78, 5) is 33.2. The fourth-order valence-corrected chi connectivity index (χ4v) is 5.72. The monoisotopic (exact) mass is 486 g/mol. The molecule has 0 aliphatic carbocycles. The zero-order chi connectivity index (χ0) is 23.7. The number of hydrogen-bond acceptors (Lipinski definition) is 7. The Hall–Kier alpha value is -2.20. The minimum Gasteiger partial charge on any atom is -0.395 e. The second kappa shape index (κ2) is 9.97. The molecule has 0 spiro atoms. The van der Waals surface area contributed by atoms with Crippen LogP contribution in [0.1, 0.15) is 19.4 Å². The van der Waals surface area contributed by atoms with Crippen LogP contribution in [0.2, 0.25) is 0 Å². The van der Waals surface area contributed by atoms with Crippen LogP contribution in [0.5, 0.6) is 0 Å². The molecule has 0 saturated carbocycles. The number of nitrogens with zero attached hydrogens (tertiary/aromatic N) is 4. The van der Waals surface area contributed by atoms with E-state index in [9.17, 15) is 14.7 Å². The van der Waals surface area contributed by atoms with E-state index in [2.05, 4.69) is 23.6 Å². The topological polar surface area (TPSA) is 69.0 Å². The van der Waals surface area contributed by atoms with Crippen LogP contribution in [-0.4, -0.2) is 75.6 Å². The minimum atomic E-state index is -0.132. The summed E-state index contributed by atoms with van der Waals surface area (Å²) in [6, 6.07) is 7.89. The van der Waals surface area contributed by atoms with Crippen LogP contribution in [-0.2, 0) is 11.8 Å². The van der Waals surface area contributed by atoms with Crippen molar-refractivity contribution in [1.82, 2.24) is 14.4 Å². The summed E-state index contributed by atoms with van der Waals surface area (Å²) in [6.45, 7) is 8.55. The molecular weight excluding hydrogens is 456 g/mol. The molecule has 2 aromatic rings. The average molecular weight is 487 g/mol. The molecule has 9 heteroatoms. The van der Waals surface area contributed by atoms with Gasteiger partial charge < -0.3 is 14.6 Å². The molecule has 0 bridgehead atoms. The van der Waals surface area contributed by atoms with Crippen LogP contribution in [0, 0.1) is 5.92 Å². The van der Waals surface area contributed by atoms with Gasteiger partial charge in [0.2, 0.25) is 0 Å². The molecule has 2 saturated heterocycles. The van der Waals surface area contributed by atoms with Gasteiger partial charge in [0.05, 0.1) is 28.3 Å². The van der Waals surface area contributed by atoms with Gasteiger partial charge in [-0.05, 0) is 18.1 Å². The molecule has 2 aliphatic heterocycles. The second-order valence-corrected chi connectivity index (χ2v) is 10.6. The Bertz CT molecular complexity index is 1170. The van der Waals surface area contributed by atoms with Gasteiger partial charge in [-0.1, -0.05) is 56.0 Å². The van der Waals surface area contributed by atoms with Gasteiger partial charge in [0.1, 0.15) is 4.32 Å². The molecule has 1 aromatic carbocycles. The molecule has 4 rings (SSSR count). The number of aryl methyl sites for hydroxylation is 1. The molecule has 1 N–H and O–H groups in total. The maximum absolute atomic E-state index is 13.5. The van der Waals surface area contributed by atoms with Crippen LogP contribution in [0.25, 0.3) is 17.0 Å². The van der Waals surface area contributed by atoms with E-state index in [1.807, 2.05) is 24.3 Å². The highest BCUT2D eigenvalue weighted by molar-refractivity contribution is 8.26. The number of β-amino-alcohol motifs (C(OH)–C–C–N with tert-alkyl or cyclic N) is 1. The summed E-state index contributed by atoms with van der Waals surface area (Å²) in [5, 5.41) is 10.3. The van der Waals surface area contributed by atoms with Crippen LogP contribution in [0.15, 0.2) is 34.0 Å². The normalized spacial score (nSPS) is 19.0. The quantitative estimate of drug-likeness (QED) is 0.497. The van der Waals surface area contributed by atoms with Gasteiger partial charge in [0.15, 0.2) is 0 Å². The van der Waals surface area contributed by atoms with Crippen molar-refractivity contribution in [3.05, 3.63) is 45.1 Å². The number of carbonyl (C=O) groups excluding carboxylic acids is 1. The van der Waals surface area contributed by atoms with E-state index in [1.165, 1.54) is 11.8 Å². The Morgan fingerprint density at radius 3 is 2.52 bits per heavy atom. The Labute approximate surface area is 203 Å². The van der Waals surface area contributed by atoms with E-state index >= 15 is 0 Å². The molecule has 2 aliphatic rings. The van der Waals surface area contributed by atoms with Crippen molar-refractivity contribution in [2.75, 3.05) is 50.8 Å². The lowest BCUT2D eigenvalue weighted by molar-refractivity contribution is -0.122. The zero-order valence-electron chi connectivity index (χ0n) is 19.3. The second-order valence-electron chi connectivity index (χ2n) is 8.88. The van der Waals surface area contributed by atoms with Gasteiger partial charge in [-0.15, -0.1) is 0 Å². The van der Waals surface area contributed by atoms with Crippen LogP contribution >= 0.6 is 24.0 Å². The number of pyridine rings is 1. The van der Waals surface area contributed by atoms with Gasteiger partial charge in [-0.3, -0.25) is 19.4 Å². The van der Waals surface area contributed by atoms with Gasteiger partial charge in [-0.25, -0.2) is 0 Å². The highest BCUT2D eigenvalue weighted by Gasteiger charge is 2.33. The number of para-hydroxylation sites is 1. The van der Waals surface area contributed by atoms with Gasteiger partial charge >= 0.3 is 0 Å². The third-order valence-electron chi connectivity index (χ3n) is 6.11. The molecule has 0 radical (unpaired) electrons. The third kappa shape index (κ3) is 4.73. The first-order valence-corrected chi connectivity index (χ1v) is 12.5. The Kier molecular flexibility index (Phi) is 7.23. The highest BCUT2D eigenvalue weighted by atomic mass is 32.2. The van der Waals surface area contributed by atoms with E-state index in [-0.39, 0.29) is 18.1 Å². The van der Waals surface area contributed by atoms with Crippen molar-refractivity contribution in [2.45, 2.75) is 13.8 Å². The zero-order valence-corrected chi connectivity index (χ0v) is 20.9. The number of thioether (sulfide) groups is 1. The number of aliphatic hydroxyl groups is 1. The van der Waals surface area contributed by atoms with Crippen LogP contribution < -0.4 is 10.5 Å². The maximum Gasteiger partial charge on any atom is 0.266 e. The average Bonchev–Trinajstić information content (AvgIpc) is 3.05. The van der Waals surface area contributed by atoms with Gasteiger partial charge in [-0.2, -0.15) is 0 Å². The summed E-state index contributed by atoms with van der Waals surface area (Å²) < 4.78 is 2.19. The molecule has 0 unspecified atom stereocenters. The Morgan fingerprint density at radius 2 is 1.85 bits per heavy atom. The molecule has 176 valence electrons. The lowest BCUT2D eigenvalue weighted by Gasteiger charge is -2.37. The summed E-state index contributed by atoms with van der Waals surface area (Å²) in [6.07, 6.45) is 1.74. The third-order valence-corrected chi connectivity index (χ3v) is 7.49. The molecule has 2 fully saturated rings. The first-order chi connectivity index (χ1) is 15.8. The summed E-state index contributed by atoms with van der Waals surface area (Å²) in [5.74, 6) is 0.166. The lowest BCUT2D eigenvalue weighted by Crippen LogP contribution is -2.48. The number of anilines is 1. The number of benzene rings is 1. The van der Waals surface area contributed by atoms with E-state index in [0.29, 0.717) is 33.8 Å². The molecule has 7 nitrogen and oxygen atoms in total. The number of aromatic nitrogens is 1. The molecule has 3 heterocycles. The summed E-state index contributed by atoms with van der Waals surface area (Å²) in [5.41, 5.74) is 2.12. The van der Waals surface area contributed by atoms with Crippen molar-refractivity contribution in [2.24, 2.45) is 13.0 Å². The van der Waals surface area contributed by atoms with Crippen molar-refractivity contribution < 1.29 is 9.90 Å². The number of piperazine rings is 1. The maximum atomic E-state index is 13.5. The largest absolute Gasteiger partial charge is 0.395 e. The summed E-state index contributed by atoms with van der Waals surface area (Å²) >= 11 is 6.74. The van der Waals surface area contributed by atoms with E-state index < -0.39 is 0 Å². The highest BCUT2D eigenvalue weighted by Crippen LogP contribution is 2.36. The van der Waals surface area contributed by atoms with Gasteiger partial charge in [0.25, 0.3) is 11.5 Å². The molecule has 1 aromatic heterocycles. The van der Waals surface area contributed by atoms with Gasteiger partial charge in [0, 0.05) is 51.7 Å². The van der Waals surface area contributed by atoms with Crippen molar-refractivity contribution in [3.8, 4) is 0 Å². The lowest BCUT2D eigenvalue weighted by atomic mass is 10.1. The SMILES string of the molecule is CC(C)CN1C(=O)C(=Cc2c(N3CCN(CCO)CC3)c3ccccc3n(C)c2=O)SC1=S. The first-order valence-electron chi connectivity index (χ1n) is 11.3. The Morgan fingerprint density at radius 1 is 1.15 bits per heavy atom. The van der Waals surface area contributed by atoms with Crippen LogP contribution in [0.4, 0.5) is 5.69 Å². The number of fused-ring (bicyclic) bond motifs is 1. The van der Waals surface area contributed by atoms with E-state index in [4.69, 9.17) is 12.2 Å².